The Bertz CT molecular complexity index is 215. The summed E-state index contributed by atoms with van der Waals surface area (Å²) in [6.45, 7) is 5.26. The molecule has 0 bridgehead atoms. The van der Waals surface area contributed by atoms with Gasteiger partial charge in [0, 0.05) is 12.9 Å². The van der Waals surface area contributed by atoms with E-state index in [4.69, 9.17) is 0 Å². The third-order valence-electron chi connectivity index (χ3n) is 1.10. The molecule has 0 saturated heterocycles. The van der Waals surface area contributed by atoms with Gasteiger partial charge in [-0.1, -0.05) is 6.07 Å². The fourth-order valence-electron chi connectivity index (χ4n) is 0.615. The van der Waals surface area contributed by atoms with Crippen LogP contribution in [0.3, 0.4) is 0 Å². The highest BCUT2D eigenvalue weighted by Gasteiger charge is 1.87. The van der Waals surface area contributed by atoms with Crippen LogP contribution in [0.4, 0.5) is 5.82 Å². The number of nitrogens with zero attached hydrogens (tertiary/aromatic N) is 2. The lowest BCUT2D eigenvalue weighted by atomic mass is 10.3. The summed E-state index contributed by atoms with van der Waals surface area (Å²) in [7, 11) is 0. The van der Waals surface area contributed by atoms with Gasteiger partial charge in [-0.3, -0.25) is 5.43 Å². The summed E-state index contributed by atoms with van der Waals surface area (Å²) in [4.78, 5) is 4.02. The number of aryl methyl sites for hydroxylation is 1. The maximum Gasteiger partial charge on any atom is 0.146 e. The van der Waals surface area contributed by atoms with E-state index < -0.39 is 0 Å². The van der Waals surface area contributed by atoms with Crippen molar-refractivity contribution in [3.05, 3.63) is 23.9 Å². The molecular weight excluding hydrogens is 126 g/mol. The Labute approximate surface area is 59.8 Å². The van der Waals surface area contributed by atoms with Gasteiger partial charge in [-0.2, -0.15) is 5.10 Å². The molecule has 1 N–H and O–H groups in total. The summed E-state index contributed by atoms with van der Waals surface area (Å²) in [5, 5.41) is 3.47. The van der Waals surface area contributed by atoms with E-state index in [-0.39, 0.29) is 0 Å². The Morgan fingerprint density at radius 2 is 2.40 bits per heavy atom. The third-order valence-corrected chi connectivity index (χ3v) is 1.10. The summed E-state index contributed by atoms with van der Waals surface area (Å²) in [5.74, 6) is 0.723. The van der Waals surface area contributed by atoms with Crippen molar-refractivity contribution in [1.29, 1.82) is 0 Å². The molecule has 3 nitrogen and oxygen atoms in total. The Morgan fingerprint density at radius 3 is 2.90 bits per heavy atom. The molecule has 3 heteroatoms. The average molecular weight is 135 g/mol. The molecule has 0 fully saturated rings. The van der Waals surface area contributed by atoms with Crippen LogP contribution in [0, 0.1) is 6.92 Å². The van der Waals surface area contributed by atoms with Gasteiger partial charge in [0.15, 0.2) is 0 Å². The summed E-state index contributed by atoms with van der Waals surface area (Å²) in [6, 6.07) is 3.81. The van der Waals surface area contributed by atoms with Gasteiger partial charge in [-0.15, -0.1) is 0 Å². The zero-order valence-electron chi connectivity index (χ0n) is 5.83. The highest BCUT2D eigenvalue weighted by molar-refractivity contribution is 5.37. The average Bonchev–Trinajstić information content (AvgIpc) is 1.95. The smallest absolute Gasteiger partial charge is 0.146 e. The molecule has 0 spiro atoms. The first-order chi connectivity index (χ1) is 4.83. The van der Waals surface area contributed by atoms with E-state index in [9.17, 15) is 0 Å². The number of nitrogens with one attached hydrogen (secondary N) is 1. The molecule has 0 aliphatic heterocycles. The monoisotopic (exact) mass is 135 g/mol. The predicted octanol–water partition coefficient (Wildman–Crippen LogP) is 1.42. The van der Waals surface area contributed by atoms with Crippen molar-refractivity contribution in [1.82, 2.24) is 4.98 Å². The molecule has 0 aliphatic rings. The first-order valence-corrected chi connectivity index (χ1v) is 2.97. The van der Waals surface area contributed by atoms with Crippen molar-refractivity contribution in [3.8, 4) is 0 Å². The third kappa shape index (κ3) is 1.55. The lowest BCUT2D eigenvalue weighted by molar-refractivity contribution is 1.21. The first kappa shape index (κ1) is 6.74. The van der Waals surface area contributed by atoms with E-state index in [2.05, 4.69) is 22.2 Å². The van der Waals surface area contributed by atoms with E-state index in [1.54, 1.807) is 6.20 Å². The topological polar surface area (TPSA) is 37.3 Å². The molecule has 0 radical (unpaired) electrons. The Hall–Kier alpha value is -1.38. The molecule has 0 aromatic carbocycles. The molecule has 1 heterocycles. The minimum Gasteiger partial charge on any atom is -0.262 e. The number of hydrogen-bond acceptors (Lipinski definition) is 3. The number of aromatic nitrogens is 1. The zero-order valence-corrected chi connectivity index (χ0v) is 5.83. The van der Waals surface area contributed by atoms with Crippen molar-refractivity contribution in [2.45, 2.75) is 6.92 Å². The Morgan fingerprint density at radius 1 is 1.60 bits per heavy atom. The van der Waals surface area contributed by atoms with E-state index in [0.29, 0.717) is 0 Å². The van der Waals surface area contributed by atoms with Gasteiger partial charge in [0.1, 0.15) is 5.82 Å². The fraction of sp³-hybridized carbons (Fsp3) is 0.143. The minimum atomic E-state index is 0.723. The molecule has 1 rings (SSSR count). The van der Waals surface area contributed by atoms with Gasteiger partial charge in [-0.05, 0) is 18.6 Å². The van der Waals surface area contributed by atoms with Crippen LogP contribution in [-0.4, -0.2) is 11.7 Å². The molecule has 0 amide bonds. The minimum absolute atomic E-state index is 0.723. The van der Waals surface area contributed by atoms with Gasteiger partial charge < -0.3 is 0 Å². The molecule has 52 valence electrons. The van der Waals surface area contributed by atoms with Crippen molar-refractivity contribution < 1.29 is 0 Å². The van der Waals surface area contributed by atoms with E-state index >= 15 is 0 Å². The van der Waals surface area contributed by atoms with Crippen LogP contribution in [0.25, 0.3) is 0 Å². The second kappa shape index (κ2) is 2.96. The van der Waals surface area contributed by atoms with Gasteiger partial charge in [-0.25, -0.2) is 4.98 Å². The second-order valence-electron chi connectivity index (χ2n) is 1.99. The number of rotatable bonds is 2. The highest BCUT2D eigenvalue weighted by atomic mass is 15.3. The first-order valence-electron chi connectivity index (χ1n) is 2.97. The summed E-state index contributed by atoms with van der Waals surface area (Å²) in [5.41, 5.74) is 3.77. The maximum atomic E-state index is 4.02. The molecule has 0 aliphatic carbocycles. The predicted molar refractivity (Wildman–Crippen MR) is 42.1 cm³/mol. The molecule has 0 saturated carbocycles. The Balaban J connectivity index is 2.78. The van der Waals surface area contributed by atoms with Crippen molar-refractivity contribution >= 4 is 12.5 Å². The molecule has 0 atom stereocenters. The van der Waals surface area contributed by atoms with Crippen LogP contribution in [-0.2, 0) is 0 Å². The number of hydrogen-bond donors (Lipinski definition) is 1. The molecule has 1 aromatic rings. The number of anilines is 1. The van der Waals surface area contributed by atoms with Crippen molar-refractivity contribution in [3.63, 3.8) is 0 Å². The van der Waals surface area contributed by atoms with E-state index in [0.717, 1.165) is 11.4 Å². The molecule has 10 heavy (non-hydrogen) atoms. The lowest BCUT2D eigenvalue weighted by Gasteiger charge is -1.96. The lowest BCUT2D eigenvalue weighted by Crippen LogP contribution is -1.89. The summed E-state index contributed by atoms with van der Waals surface area (Å²) in [6.07, 6.45) is 1.77. The molecular formula is C7H9N3. The highest BCUT2D eigenvalue weighted by Crippen LogP contribution is 2.02. The standard InChI is InChI=1S/C7H9N3/c1-6-3-4-7(9-5-6)10-8-2/h3-5H,2H2,1H3,(H,9,10). The van der Waals surface area contributed by atoms with Crippen LogP contribution in [0.5, 0.6) is 0 Å². The van der Waals surface area contributed by atoms with Crippen molar-refractivity contribution in [2.75, 3.05) is 5.43 Å². The summed E-state index contributed by atoms with van der Waals surface area (Å²) >= 11 is 0. The van der Waals surface area contributed by atoms with E-state index in [1.165, 1.54) is 0 Å². The maximum absolute atomic E-state index is 4.02. The quantitative estimate of drug-likeness (QED) is 0.492. The van der Waals surface area contributed by atoms with Gasteiger partial charge in [0.05, 0.1) is 0 Å². The summed E-state index contributed by atoms with van der Waals surface area (Å²) < 4.78 is 0. The van der Waals surface area contributed by atoms with Crippen molar-refractivity contribution in [2.24, 2.45) is 5.10 Å². The van der Waals surface area contributed by atoms with E-state index in [1.807, 2.05) is 19.1 Å². The SMILES string of the molecule is C=NNc1ccc(C)cn1. The second-order valence-corrected chi connectivity index (χ2v) is 1.99. The Kier molecular flexibility index (Phi) is 1.99. The van der Waals surface area contributed by atoms with Gasteiger partial charge in [0.2, 0.25) is 0 Å². The zero-order chi connectivity index (χ0) is 7.40. The number of hydrazone groups is 1. The van der Waals surface area contributed by atoms with Crippen LogP contribution >= 0.6 is 0 Å². The van der Waals surface area contributed by atoms with Crippen LogP contribution in [0.15, 0.2) is 23.4 Å². The molecule has 0 unspecified atom stereocenters. The largest absolute Gasteiger partial charge is 0.262 e. The normalized spacial score (nSPS) is 8.90. The number of pyridine rings is 1. The van der Waals surface area contributed by atoms with Crippen LogP contribution in [0.2, 0.25) is 0 Å². The van der Waals surface area contributed by atoms with Crippen LogP contribution < -0.4 is 5.43 Å². The van der Waals surface area contributed by atoms with Gasteiger partial charge in [0.25, 0.3) is 0 Å². The van der Waals surface area contributed by atoms with Crippen LogP contribution in [0.1, 0.15) is 5.56 Å². The fourth-order valence-corrected chi connectivity index (χ4v) is 0.615. The van der Waals surface area contributed by atoms with Gasteiger partial charge >= 0.3 is 0 Å². The molecule has 1 aromatic heterocycles.